The van der Waals surface area contributed by atoms with Crippen LogP contribution in [0.4, 0.5) is 0 Å². The van der Waals surface area contributed by atoms with E-state index in [0.717, 1.165) is 12.5 Å². The molecule has 0 spiro atoms. The van der Waals surface area contributed by atoms with Crippen LogP contribution in [0.1, 0.15) is 29.5 Å². The van der Waals surface area contributed by atoms with Gasteiger partial charge in [0.15, 0.2) is 0 Å². The van der Waals surface area contributed by atoms with Gasteiger partial charge in [0.05, 0.1) is 5.25 Å². The third kappa shape index (κ3) is 3.30. The fourth-order valence-corrected chi connectivity index (χ4v) is 3.66. The Morgan fingerprint density at radius 3 is 2.64 bits per heavy atom. The Morgan fingerprint density at radius 2 is 2.21 bits per heavy atom. The van der Waals surface area contributed by atoms with Gasteiger partial charge in [0, 0.05) is 11.4 Å². The molecule has 0 saturated heterocycles. The number of hydrogen-bond acceptors (Lipinski definition) is 3. The van der Waals surface area contributed by atoms with Crippen LogP contribution in [0, 0.1) is 12.8 Å². The fourth-order valence-electron chi connectivity index (χ4n) is 1.27. The van der Waals surface area contributed by atoms with Crippen molar-refractivity contribution in [1.29, 1.82) is 0 Å². The van der Waals surface area contributed by atoms with Gasteiger partial charge in [0.1, 0.15) is 0 Å². The maximum atomic E-state index is 5.80. The molecular formula is C11H19NS2. The molecule has 80 valence electrons. The number of thiophene rings is 1. The first-order valence-electron chi connectivity index (χ1n) is 5.00. The highest BCUT2D eigenvalue weighted by molar-refractivity contribution is 7.99. The third-order valence-electron chi connectivity index (χ3n) is 2.04. The van der Waals surface area contributed by atoms with E-state index < -0.39 is 0 Å². The van der Waals surface area contributed by atoms with Crippen LogP contribution in [-0.4, -0.2) is 12.3 Å². The van der Waals surface area contributed by atoms with E-state index >= 15 is 0 Å². The summed E-state index contributed by atoms with van der Waals surface area (Å²) in [5.41, 5.74) is 7.20. The Labute approximate surface area is 95.1 Å². The topological polar surface area (TPSA) is 26.0 Å². The number of rotatable bonds is 5. The van der Waals surface area contributed by atoms with Gasteiger partial charge in [-0.2, -0.15) is 11.8 Å². The molecule has 1 nitrogen and oxygen atoms in total. The first kappa shape index (κ1) is 12.1. The molecule has 0 amide bonds. The molecule has 0 aromatic carbocycles. The monoisotopic (exact) mass is 229 g/mol. The number of aryl methyl sites for hydroxylation is 1. The maximum Gasteiger partial charge on any atom is 0.0516 e. The van der Waals surface area contributed by atoms with Crippen molar-refractivity contribution in [2.45, 2.75) is 26.0 Å². The predicted octanol–water partition coefficient (Wildman–Crippen LogP) is 3.45. The lowest BCUT2D eigenvalue weighted by Gasteiger charge is -2.15. The van der Waals surface area contributed by atoms with E-state index in [2.05, 4.69) is 32.2 Å². The SMILES string of the molecule is Cc1ccsc1C(CN)SCC(C)C. The predicted molar refractivity (Wildman–Crippen MR) is 68.1 cm³/mol. The molecule has 3 heteroatoms. The molecule has 1 aromatic rings. The second-order valence-corrected chi connectivity index (χ2v) is 6.10. The second-order valence-electron chi connectivity index (χ2n) is 3.92. The van der Waals surface area contributed by atoms with Crippen LogP contribution in [0.2, 0.25) is 0 Å². The Hall–Kier alpha value is 0.01000. The normalized spacial score (nSPS) is 13.5. The van der Waals surface area contributed by atoms with Crippen molar-refractivity contribution >= 4 is 23.1 Å². The molecule has 1 atom stereocenters. The highest BCUT2D eigenvalue weighted by Crippen LogP contribution is 2.34. The summed E-state index contributed by atoms with van der Waals surface area (Å²) in [4.78, 5) is 1.46. The van der Waals surface area contributed by atoms with Crippen LogP contribution < -0.4 is 5.73 Å². The quantitative estimate of drug-likeness (QED) is 0.837. The summed E-state index contributed by atoms with van der Waals surface area (Å²) in [5, 5.41) is 2.65. The van der Waals surface area contributed by atoms with Crippen LogP contribution in [0.15, 0.2) is 11.4 Å². The molecule has 1 aromatic heterocycles. The van der Waals surface area contributed by atoms with E-state index in [0.29, 0.717) is 5.25 Å². The average molecular weight is 229 g/mol. The smallest absolute Gasteiger partial charge is 0.0516 e. The van der Waals surface area contributed by atoms with Gasteiger partial charge >= 0.3 is 0 Å². The molecule has 14 heavy (non-hydrogen) atoms. The molecule has 2 N–H and O–H groups in total. The summed E-state index contributed by atoms with van der Waals surface area (Å²) >= 11 is 3.82. The van der Waals surface area contributed by atoms with E-state index in [1.165, 1.54) is 16.2 Å². The minimum absolute atomic E-state index is 0.498. The van der Waals surface area contributed by atoms with E-state index in [9.17, 15) is 0 Å². The van der Waals surface area contributed by atoms with E-state index in [1.807, 2.05) is 23.1 Å². The van der Waals surface area contributed by atoms with Gasteiger partial charge in [-0.1, -0.05) is 13.8 Å². The molecular weight excluding hydrogens is 210 g/mol. The molecule has 0 aliphatic carbocycles. The van der Waals surface area contributed by atoms with Crippen LogP contribution in [0.25, 0.3) is 0 Å². The zero-order chi connectivity index (χ0) is 10.6. The maximum absolute atomic E-state index is 5.80. The van der Waals surface area contributed by atoms with Crippen molar-refractivity contribution in [3.8, 4) is 0 Å². The second kappa shape index (κ2) is 5.79. The van der Waals surface area contributed by atoms with Crippen molar-refractivity contribution in [3.05, 3.63) is 21.9 Å². The lowest BCUT2D eigenvalue weighted by Crippen LogP contribution is -2.10. The highest BCUT2D eigenvalue weighted by Gasteiger charge is 2.14. The van der Waals surface area contributed by atoms with Gasteiger partial charge in [-0.25, -0.2) is 0 Å². The molecule has 0 fully saturated rings. The largest absolute Gasteiger partial charge is 0.329 e. The minimum Gasteiger partial charge on any atom is -0.329 e. The van der Waals surface area contributed by atoms with Crippen LogP contribution in [-0.2, 0) is 0 Å². The van der Waals surface area contributed by atoms with Gasteiger partial charge in [0.25, 0.3) is 0 Å². The Kier molecular flexibility index (Phi) is 4.99. The van der Waals surface area contributed by atoms with E-state index in [-0.39, 0.29) is 0 Å². The zero-order valence-electron chi connectivity index (χ0n) is 9.12. The Morgan fingerprint density at radius 1 is 1.50 bits per heavy atom. The number of thioether (sulfide) groups is 1. The van der Waals surface area contributed by atoms with Crippen molar-refractivity contribution in [3.63, 3.8) is 0 Å². The van der Waals surface area contributed by atoms with Gasteiger partial charge in [-0.3, -0.25) is 0 Å². The minimum atomic E-state index is 0.498. The first-order valence-corrected chi connectivity index (χ1v) is 6.93. The summed E-state index contributed by atoms with van der Waals surface area (Å²) in [7, 11) is 0. The van der Waals surface area contributed by atoms with Crippen LogP contribution in [0.5, 0.6) is 0 Å². The molecule has 1 rings (SSSR count). The van der Waals surface area contributed by atoms with Gasteiger partial charge in [0.2, 0.25) is 0 Å². The molecule has 0 saturated carbocycles. The summed E-state index contributed by atoms with van der Waals surface area (Å²) < 4.78 is 0. The molecule has 1 unspecified atom stereocenters. The zero-order valence-corrected chi connectivity index (χ0v) is 10.8. The Balaban J connectivity index is 2.58. The van der Waals surface area contributed by atoms with Crippen LogP contribution >= 0.6 is 23.1 Å². The molecule has 0 aliphatic heterocycles. The van der Waals surface area contributed by atoms with Gasteiger partial charge < -0.3 is 5.73 Å². The first-order chi connectivity index (χ1) is 6.65. The van der Waals surface area contributed by atoms with E-state index in [1.54, 1.807) is 0 Å². The highest BCUT2D eigenvalue weighted by atomic mass is 32.2. The molecule has 1 heterocycles. The number of hydrogen-bond donors (Lipinski definition) is 1. The van der Waals surface area contributed by atoms with Crippen molar-refractivity contribution in [2.75, 3.05) is 12.3 Å². The van der Waals surface area contributed by atoms with Crippen molar-refractivity contribution in [2.24, 2.45) is 11.7 Å². The molecule has 0 radical (unpaired) electrons. The summed E-state index contributed by atoms with van der Waals surface area (Å²) in [6.45, 7) is 7.42. The molecule has 0 bridgehead atoms. The average Bonchev–Trinajstić information content (AvgIpc) is 2.53. The Bertz CT molecular complexity index is 268. The van der Waals surface area contributed by atoms with Gasteiger partial charge in [-0.05, 0) is 35.6 Å². The van der Waals surface area contributed by atoms with Crippen molar-refractivity contribution < 1.29 is 0 Å². The van der Waals surface area contributed by atoms with Crippen LogP contribution in [0.3, 0.4) is 0 Å². The third-order valence-corrected chi connectivity index (χ3v) is 5.01. The lowest BCUT2D eigenvalue weighted by molar-refractivity contribution is 0.747. The number of nitrogens with two attached hydrogens (primary N) is 1. The molecule has 0 aliphatic rings. The van der Waals surface area contributed by atoms with Gasteiger partial charge in [-0.15, -0.1) is 11.3 Å². The standard InChI is InChI=1S/C11H19NS2/c1-8(2)7-14-10(6-12)11-9(3)4-5-13-11/h4-5,8,10H,6-7,12H2,1-3H3. The lowest BCUT2D eigenvalue weighted by atomic mass is 10.2. The fraction of sp³-hybridized carbons (Fsp3) is 0.636. The van der Waals surface area contributed by atoms with E-state index in [4.69, 9.17) is 5.73 Å². The van der Waals surface area contributed by atoms with Crippen molar-refractivity contribution in [1.82, 2.24) is 0 Å². The summed E-state index contributed by atoms with van der Waals surface area (Å²) in [5.74, 6) is 1.94. The summed E-state index contributed by atoms with van der Waals surface area (Å²) in [6.07, 6.45) is 0. The summed E-state index contributed by atoms with van der Waals surface area (Å²) in [6, 6.07) is 2.18.